The average Bonchev–Trinajstić information content (AvgIpc) is 2.06. The van der Waals surface area contributed by atoms with Crippen molar-refractivity contribution in [2.45, 2.75) is 11.7 Å². The van der Waals surface area contributed by atoms with Gasteiger partial charge < -0.3 is 4.74 Å². The lowest BCUT2D eigenvalue weighted by Gasteiger charge is -2.11. The Balaban J connectivity index is 2.97. The van der Waals surface area contributed by atoms with Crippen molar-refractivity contribution in [3.05, 3.63) is 29.6 Å². The molecule has 0 radical (unpaired) electrons. The second-order valence-electron chi connectivity index (χ2n) is 2.43. The van der Waals surface area contributed by atoms with E-state index in [0.29, 0.717) is 0 Å². The van der Waals surface area contributed by atoms with Crippen molar-refractivity contribution < 1.29 is 22.3 Å². The summed E-state index contributed by atoms with van der Waals surface area (Å²) in [5, 5.41) is 0.0934. The molecule has 14 heavy (non-hydrogen) atoms. The standard InChI is InChI=1S/C8H5BrF4O/c9-4-5-3-6(10)1-2-7(5)14-8(11,12)13/h1-3H,4H2. The Bertz CT molecular complexity index is 324. The van der Waals surface area contributed by atoms with Crippen molar-refractivity contribution >= 4 is 15.9 Å². The Morgan fingerprint density at radius 3 is 2.43 bits per heavy atom. The molecule has 1 nitrogen and oxygen atoms in total. The molecule has 0 N–H and O–H groups in total. The van der Waals surface area contributed by atoms with Gasteiger partial charge in [-0.3, -0.25) is 0 Å². The molecule has 0 aliphatic heterocycles. The zero-order chi connectivity index (χ0) is 10.8. The van der Waals surface area contributed by atoms with Crippen molar-refractivity contribution in [2.75, 3.05) is 0 Å². The van der Waals surface area contributed by atoms with Crippen LogP contribution in [0.5, 0.6) is 5.75 Å². The maximum absolute atomic E-state index is 12.6. The number of hydrogen-bond acceptors (Lipinski definition) is 1. The van der Waals surface area contributed by atoms with Gasteiger partial charge in [0.15, 0.2) is 0 Å². The quantitative estimate of drug-likeness (QED) is 0.590. The summed E-state index contributed by atoms with van der Waals surface area (Å²) < 4.78 is 51.8. The lowest BCUT2D eigenvalue weighted by atomic mass is 10.2. The number of benzene rings is 1. The van der Waals surface area contributed by atoms with E-state index in [4.69, 9.17) is 0 Å². The lowest BCUT2D eigenvalue weighted by Crippen LogP contribution is -2.18. The molecule has 0 aliphatic rings. The second kappa shape index (κ2) is 4.16. The molecular formula is C8H5BrF4O. The smallest absolute Gasteiger partial charge is 0.405 e. The lowest BCUT2D eigenvalue weighted by molar-refractivity contribution is -0.274. The van der Waals surface area contributed by atoms with E-state index in [-0.39, 0.29) is 10.9 Å². The van der Waals surface area contributed by atoms with Crippen LogP contribution in [0.3, 0.4) is 0 Å². The Morgan fingerprint density at radius 1 is 1.29 bits per heavy atom. The van der Waals surface area contributed by atoms with Crippen LogP contribution in [0.25, 0.3) is 0 Å². The zero-order valence-corrected chi connectivity index (χ0v) is 8.32. The Labute approximate surface area is 85.8 Å². The molecule has 0 unspecified atom stereocenters. The minimum atomic E-state index is -4.76. The van der Waals surface area contributed by atoms with Gasteiger partial charge >= 0.3 is 6.36 Å². The molecule has 0 atom stereocenters. The van der Waals surface area contributed by atoms with Crippen LogP contribution >= 0.6 is 15.9 Å². The monoisotopic (exact) mass is 272 g/mol. The van der Waals surface area contributed by atoms with E-state index in [1.807, 2.05) is 0 Å². The molecule has 0 amide bonds. The summed E-state index contributed by atoms with van der Waals surface area (Å²) in [6.45, 7) is 0. The maximum Gasteiger partial charge on any atom is 0.573 e. The van der Waals surface area contributed by atoms with E-state index in [0.717, 1.165) is 18.2 Å². The fourth-order valence-electron chi connectivity index (χ4n) is 0.877. The molecule has 78 valence electrons. The SMILES string of the molecule is Fc1ccc(OC(F)(F)F)c(CBr)c1. The van der Waals surface area contributed by atoms with Gasteiger partial charge in [0.25, 0.3) is 0 Å². The molecule has 0 fully saturated rings. The van der Waals surface area contributed by atoms with E-state index in [1.165, 1.54) is 0 Å². The number of ether oxygens (including phenoxy) is 1. The van der Waals surface area contributed by atoms with Gasteiger partial charge in [0, 0.05) is 10.9 Å². The highest BCUT2D eigenvalue weighted by molar-refractivity contribution is 9.08. The highest BCUT2D eigenvalue weighted by Gasteiger charge is 2.31. The molecule has 0 aromatic heterocycles. The summed E-state index contributed by atoms with van der Waals surface area (Å²) in [5.41, 5.74) is 0.113. The highest BCUT2D eigenvalue weighted by atomic mass is 79.9. The summed E-state index contributed by atoms with van der Waals surface area (Å²) in [7, 11) is 0. The van der Waals surface area contributed by atoms with Crippen LogP contribution < -0.4 is 4.74 Å². The Hall–Kier alpha value is -0.780. The van der Waals surface area contributed by atoms with Crippen LogP contribution in [0.15, 0.2) is 18.2 Å². The van der Waals surface area contributed by atoms with Gasteiger partial charge in [-0.05, 0) is 18.2 Å². The maximum atomic E-state index is 12.6. The zero-order valence-electron chi connectivity index (χ0n) is 6.74. The number of rotatable bonds is 2. The Kier molecular flexibility index (Phi) is 3.36. The van der Waals surface area contributed by atoms with Gasteiger partial charge in [-0.2, -0.15) is 0 Å². The summed E-state index contributed by atoms with van der Waals surface area (Å²) in [5.74, 6) is -0.996. The molecule has 1 rings (SSSR count). The molecular weight excluding hydrogens is 268 g/mol. The van der Waals surface area contributed by atoms with Gasteiger partial charge in [-0.15, -0.1) is 13.2 Å². The predicted octanol–water partition coefficient (Wildman–Crippen LogP) is 3.62. The Morgan fingerprint density at radius 2 is 1.93 bits per heavy atom. The van der Waals surface area contributed by atoms with Crippen molar-refractivity contribution in [2.24, 2.45) is 0 Å². The average molecular weight is 273 g/mol. The summed E-state index contributed by atoms with van der Waals surface area (Å²) in [4.78, 5) is 0. The summed E-state index contributed by atoms with van der Waals surface area (Å²) >= 11 is 2.94. The third-order valence-corrected chi connectivity index (χ3v) is 2.00. The van der Waals surface area contributed by atoms with Crippen molar-refractivity contribution in [3.63, 3.8) is 0 Å². The minimum absolute atomic E-state index is 0.0934. The van der Waals surface area contributed by atoms with Crippen LogP contribution in [0, 0.1) is 5.82 Å². The van der Waals surface area contributed by atoms with E-state index in [2.05, 4.69) is 20.7 Å². The molecule has 0 bridgehead atoms. The van der Waals surface area contributed by atoms with Crippen LogP contribution in [-0.2, 0) is 5.33 Å². The van der Waals surface area contributed by atoms with Gasteiger partial charge in [0.1, 0.15) is 11.6 Å². The first kappa shape index (κ1) is 11.3. The first-order valence-corrected chi connectivity index (χ1v) is 4.64. The van der Waals surface area contributed by atoms with Crippen molar-refractivity contribution in [3.8, 4) is 5.75 Å². The fourth-order valence-corrected chi connectivity index (χ4v) is 1.31. The third-order valence-electron chi connectivity index (χ3n) is 1.39. The van der Waals surface area contributed by atoms with E-state index >= 15 is 0 Å². The minimum Gasteiger partial charge on any atom is -0.405 e. The first-order chi connectivity index (χ1) is 6.42. The van der Waals surface area contributed by atoms with Gasteiger partial charge in [-0.1, -0.05) is 15.9 Å². The molecule has 0 aliphatic carbocycles. The molecule has 0 spiro atoms. The predicted molar refractivity (Wildman–Crippen MR) is 45.7 cm³/mol. The topological polar surface area (TPSA) is 9.23 Å². The second-order valence-corrected chi connectivity index (χ2v) is 2.99. The summed E-state index contributed by atoms with van der Waals surface area (Å²) in [6, 6.07) is 2.84. The fraction of sp³-hybridized carbons (Fsp3) is 0.250. The highest BCUT2D eigenvalue weighted by Crippen LogP contribution is 2.28. The largest absolute Gasteiger partial charge is 0.573 e. The number of hydrogen-bond donors (Lipinski definition) is 0. The molecule has 0 heterocycles. The molecule has 0 saturated carbocycles. The van der Waals surface area contributed by atoms with Crippen LogP contribution in [0.2, 0.25) is 0 Å². The normalized spacial score (nSPS) is 11.5. The number of alkyl halides is 4. The molecule has 6 heteroatoms. The van der Waals surface area contributed by atoms with Gasteiger partial charge in [-0.25, -0.2) is 4.39 Å². The molecule has 0 saturated heterocycles. The van der Waals surface area contributed by atoms with E-state index < -0.39 is 17.9 Å². The van der Waals surface area contributed by atoms with Gasteiger partial charge in [0.05, 0.1) is 0 Å². The first-order valence-electron chi connectivity index (χ1n) is 3.52. The molecule has 1 aromatic carbocycles. The molecule has 1 aromatic rings. The van der Waals surface area contributed by atoms with Crippen molar-refractivity contribution in [1.29, 1.82) is 0 Å². The van der Waals surface area contributed by atoms with Crippen molar-refractivity contribution in [1.82, 2.24) is 0 Å². The van der Waals surface area contributed by atoms with Crippen LogP contribution in [0.1, 0.15) is 5.56 Å². The summed E-state index contributed by atoms with van der Waals surface area (Å²) in [6.07, 6.45) is -4.76. The van der Waals surface area contributed by atoms with Crippen LogP contribution in [0.4, 0.5) is 17.6 Å². The third kappa shape index (κ3) is 3.17. The van der Waals surface area contributed by atoms with Crippen LogP contribution in [-0.4, -0.2) is 6.36 Å². The van der Waals surface area contributed by atoms with Gasteiger partial charge in [0.2, 0.25) is 0 Å². The van der Waals surface area contributed by atoms with E-state index in [1.54, 1.807) is 0 Å². The number of halogens is 5. The van der Waals surface area contributed by atoms with E-state index in [9.17, 15) is 17.6 Å².